The van der Waals surface area contributed by atoms with Gasteiger partial charge in [-0.15, -0.1) is 0 Å². The maximum Gasteiger partial charge on any atom is 0.131 e. The van der Waals surface area contributed by atoms with Crippen molar-refractivity contribution < 1.29 is 4.74 Å². The molecule has 1 aromatic heterocycles. The molecule has 4 nitrogen and oxygen atoms in total. The smallest absolute Gasteiger partial charge is 0.131 e. The van der Waals surface area contributed by atoms with Crippen molar-refractivity contribution in [2.24, 2.45) is 0 Å². The van der Waals surface area contributed by atoms with Crippen LogP contribution in [0.5, 0.6) is 5.75 Å². The van der Waals surface area contributed by atoms with Crippen LogP contribution in [0.1, 0.15) is 52.5 Å². The molecule has 1 aromatic carbocycles. The number of aryl methyl sites for hydroxylation is 2. The minimum Gasteiger partial charge on any atom is -0.496 e. The van der Waals surface area contributed by atoms with Crippen LogP contribution in [0, 0.1) is 13.8 Å². The number of hydrogen-bond donors (Lipinski definition) is 0. The maximum atomic E-state index is 5.42. The van der Waals surface area contributed by atoms with E-state index in [-0.39, 0.29) is 0 Å². The first-order valence-electron chi connectivity index (χ1n) is 8.85. The fourth-order valence-corrected chi connectivity index (χ4v) is 3.54. The van der Waals surface area contributed by atoms with Crippen LogP contribution < -0.4 is 4.74 Å². The Morgan fingerprint density at radius 3 is 2.79 bits per heavy atom. The van der Waals surface area contributed by atoms with Gasteiger partial charge in [0.15, 0.2) is 0 Å². The van der Waals surface area contributed by atoms with Crippen LogP contribution in [0.4, 0.5) is 0 Å². The predicted molar refractivity (Wildman–Crippen MR) is 94.3 cm³/mol. The van der Waals surface area contributed by atoms with E-state index < -0.39 is 0 Å². The van der Waals surface area contributed by atoms with Crippen LogP contribution in [-0.2, 0) is 19.5 Å². The zero-order valence-corrected chi connectivity index (χ0v) is 14.8. The summed E-state index contributed by atoms with van der Waals surface area (Å²) in [6.45, 7) is 7.27. The third-order valence-corrected chi connectivity index (χ3v) is 5.22. The van der Waals surface area contributed by atoms with E-state index in [9.17, 15) is 0 Å². The third kappa shape index (κ3) is 3.03. The fraction of sp³-hybridized carbons (Fsp3) is 0.500. The van der Waals surface area contributed by atoms with E-state index in [4.69, 9.17) is 9.72 Å². The molecule has 4 rings (SSSR count). The quantitative estimate of drug-likeness (QED) is 0.862. The summed E-state index contributed by atoms with van der Waals surface area (Å²) in [5.74, 6) is 2.68. The lowest BCUT2D eigenvalue weighted by molar-refractivity contribution is 0.242. The number of aromatic nitrogens is 2. The zero-order chi connectivity index (χ0) is 16.7. The number of ether oxygens (including phenoxy) is 1. The lowest BCUT2D eigenvalue weighted by Crippen LogP contribution is -2.31. The van der Waals surface area contributed by atoms with E-state index in [1.807, 2.05) is 0 Å². The van der Waals surface area contributed by atoms with Gasteiger partial charge >= 0.3 is 0 Å². The van der Waals surface area contributed by atoms with Crippen molar-refractivity contribution in [3.8, 4) is 5.75 Å². The molecule has 1 saturated carbocycles. The van der Waals surface area contributed by atoms with E-state index in [1.54, 1.807) is 7.11 Å². The second kappa shape index (κ2) is 6.17. The van der Waals surface area contributed by atoms with Gasteiger partial charge in [0.2, 0.25) is 0 Å². The molecule has 0 spiro atoms. The van der Waals surface area contributed by atoms with Gasteiger partial charge in [0.25, 0.3) is 0 Å². The maximum absolute atomic E-state index is 5.42. The average Bonchev–Trinajstić information content (AvgIpc) is 3.42. The fourth-order valence-electron chi connectivity index (χ4n) is 3.54. The van der Waals surface area contributed by atoms with Crippen LogP contribution in [0.2, 0.25) is 0 Å². The van der Waals surface area contributed by atoms with Crippen molar-refractivity contribution in [2.45, 2.75) is 52.1 Å². The molecule has 4 heteroatoms. The Balaban J connectivity index is 1.50. The molecule has 126 valence electrons. The molecule has 0 saturated heterocycles. The molecule has 2 heterocycles. The van der Waals surface area contributed by atoms with Crippen molar-refractivity contribution in [2.75, 3.05) is 13.7 Å². The molecule has 0 N–H and O–H groups in total. The van der Waals surface area contributed by atoms with Crippen LogP contribution in [0.25, 0.3) is 0 Å². The monoisotopic (exact) mass is 323 g/mol. The predicted octanol–water partition coefficient (Wildman–Crippen LogP) is 3.54. The van der Waals surface area contributed by atoms with Gasteiger partial charge in [-0.2, -0.15) is 0 Å². The Hall–Kier alpha value is -1.94. The summed E-state index contributed by atoms with van der Waals surface area (Å²) in [4.78, 5) is 11.9. The normalized spacial score (nSPS) is 17.6. The Kier molecular flexibility index (Phi) is 4.01. The molecule has 24 heavy (non-hydrogen) atoms. The largest absolute Gasteiger partial charge is 0.496 e. The van der Waals surface area contributed by atoms with Crippen LogP contribution in [0.15, 0.2) is 18.3 Å². The number of methoxy groups -OCH3 is 1. The van der Waals surface area contributed by atoms with Crippen LogP contribution in [-0.4, -0.2) is 28.5 Å². The molecular formula is C20H25N3O. The highest BCUT2D eigenvalue weighted by molar-refractivity contribution is 5.41. The summed E-state index contributed by atoms with van der Waals surface area (Å²) >= 11 is 0. The molecular weight excluding hydrogens is 298 g/mol. The van der Waals surface area contributed by atoms with E-state index in [0.717, 1.165) is 37.6 Å². The molecule has 1 aliphatic heterocycles. The minimum atomic E-state index is 0.637. The van der Waals surface area contributed by atoms with Gasteiger partial charge in [-0.3, -0.25) is 4.90 Å². The van der Waals surface area contributed by atoms with Crippen molar-refractivity contribution in [3.63, 3.8) is 0 Å². The number of nitrogens with zero attached hydrogens (tertiary/aromatic N) is 3. The lowest BCUT2D eigenvalue weighted by atomic mass is 10.0. The molecule has 0 unspecified atom stereocenters. The van der Waals surface area contributed by atoms with Crippen molar-refractivity contribution in [1.82, 2.24) is 14.9 Å². The Bertz CT molecular complexity index is 768. The first kappa shape index (κ1) is 15.6. The Morgan fingerprint density at radius 2 is 2.04 bits per heavy atom. The summed E-state index contributed by atoms with van der Waals surface area (Å²) in [5.41, 5.74) is 6.45. The van der Waals surface area contributed by atoms with Crippen LogP contribution in [0.3, 0.4) is 0 Å². The minimum absolute atomic E-state index is 0.637. The molecule has 0 radical (unpaired) electrons. The Morgan fingerprint density at radius 1 is 1.21 bits per heavy atom. The number of benzene rings is 1. The van der Waals surface area contributed by atoms with E-state index in [0.29, 0.717) is 5.92 Å². The summed E-state index contributed by atoms with van der Waals surface area (Å²) in [7, 11) is 1.74. The molecule has 1 aliphatic carbocycles. The van der Waals surface area contributed by atoms with Gasteiger partial charge in [-0.25, -0.2) is 9.97 Å². The highest BCUT2D eigenvalue weighted by atomic mass is 16.5. The second-order valence-corrected chi connectivity index (χ2v) is 7.18. The van der Waals surface area contributed by atoms with Gasteiger partial charge in [0.1, 0.15) is 11.6 Å². The molecule has 2 aliphatic rings. The molecule has 0 bridgehead atoms. The van der Waals surface area contributed by atoms with Gasteiger partial charge in [-0.05, 0) is 49.4 Å². The average molecular weight is 323 g/mol. The number of hydrogen-bond acceptors (Lipinski definition) is 4. The first-order valence-corrected chi connectivity index (χ1v) is 8.85. The van der Waals surface area contributed by atoms with Crippen molar-refractivity contribution >= 4 is 0 Å². The van der Waals surface area contributed by atoms with Crippen molar-refractivity contribution in [3.05, 3.63) is 52.1 Å². The number of rotatable bonds is 4. The Labute approximate surface area is 143 Å². The number of fused-ring (bicyclic) bond motifs is 1. The lowest BCUT2D eigenvalue weighted by Gasteiger charge is -2.29. The highest BCUT2D eigenvalue weighted by Gasteiger charge is 2.28. The van der Waals surface area contributed by atoms with E-state index in [1.165, 1.54) is 40.8 Å². The van der Waals surface area contributed by atoms with E-state index >= 15 is 0 Å². The van der Waals surface area contributed by atoms with E-state index in [2.05, 4.69) is 42.1 Å². The van der Waals surface area contributed by atoms with Crippen molar-refractivity contribution in [1.29, 1.82) is 0 Å². The van der Waals surface area contributed by atoms with Gasteiger partial charge in [0, 0.05) is 49.4 Å². The SMILES string of the molecule is COc1cc(C)c(CN2CCc3nc(C4CC4)ncc3C2)cc1C. The molecule has 1 fully saturated rings. The summed E-state index contributed by atoms with van der Waals surface area (Å²) in [6, 6.07) is 4.41. The second-order valence-electron chi connectivity index (χ2n) is 7.18. The van der Waals surface area contributed by atoms with Crippen LogP contribution >= 0.6 is 0 Å². The standard InChI is InChI=1S/C20H25N3O/c1-13-9-19(24-3)14(2)8-16(13)11-23-7-6-18-17(12-23)10-21-20(22-18)15-4-5-15/h8-10,15H,4-7,11-12H2,1-3H3. The topological polar surface area (TPSA) is 38.2 Å². The third-order valence-electron chi connectivity index (χ3n) is 5.22. The summed E-state index contributed by atoms with van der Waals surface area (Å²) < 4.78 is 5.42. The summed E-state index contributed by atoms with van der Waals surface area (Å²) in [5, 5.41) is 0. The van der Waals surface area contributed by atoms with Gasteiger partial charge in [0.05, 0.1) is 7.11 Å². The zero-order valence-electron chi connectivity index (χ0n) is 14.8. The molecule has 2 aromatic rings. The van der Waals surface area contributed by atoms with Gasteiger partial charge < -0.3 is 4.74 Å². The highest BCUT2D eigenvalue weighted by Crippen LogP contribution is 2.38. The summed E-state index contributed by atoms with van der Waals surface area (Å²) in [6.07, 6.45) is 5.63. The molecule has 0 atom stereocenters. The first-order chi connectivity index (χ1) is 11.6. The molecule has 0 amide bonds. The van der Waals surface area contributed by atoms with Gasteiger partial charge in [-0.1, -0.05) is 6.07 Å².